The van der Waals surface area contributed by atoms with Gasteiger partial charge in [-0.25, -0.2) is 0 Å². The summed E-state index contributed by atoms with van der Waals surface area (Å²) in [4.78, 5) is 10.8. The van der Waals surface area contributed by atoms with Gasteiger partial charge in [0.15, 0.2) is 0 Å². The molecule has 0 aliphatic heterocycles. The minimum absolute atomic E-state index is 0.358. The molecule has 0 aromatic heterocycles. The molecule has 1 aromatic carbocycles. The zero-order valence-corrected chi connectivity index (χ0v) is 11.5. The van der Waals surface area contributed by atoms with Crippen LogP contribution in [0.3, 0.4) is 0 Å². The number of methoxy groups -OCH3 is 2. The average molecular weight is 252 g/mol. The Kier molecular flexibility index (Phi) is 4.35. The molecule has 0 aliphatic rings. The molecular formula is C14H20O4. The number of hydrogen-bond donors (Lipinski definition) is 1. The number of carbonyl (C=O) groups is 1. The fourth-order valence-corrected chi connectivity index (χ4v) is 1.73. The number of aliphatic hydroxyl groups is 1. The molecule has 0 saturated heterocycles. The van der Waals surface area contributed by atoms with Crippen LogP contribution in [0.25, 0.3) is 0 Å². The van der Waals surface area contributed by atoms with Gasteiger partial charge in [0.05, 0.1) is 25.9 Å². The van der Waals surface area contributed by atoms with Crippen molar-refractivity contribution >= 4 is 6.29 Å². The summed E-state index contributed by atoms with van der Waals surface area (Å²) in [5.74, 6) is 0.915. The standard InChI is InChI=1S/C14H20O4/c1-14(2,3)13(16)12-10(17-4)6-9(8-15)7-11(12)18-5/h6-8,13,16H,1-5H3. The van der Waals surface area contributed by atoms with E-state index in [4.69, 9.17) is 9.47 Å². The molecule has 0 amide bonds. The number of rotatable bonds is 4. The van der Waals surface area contributed by atoms with Gasteiger partial charge in [-0.2, -0.15) is 0 Å². The summed E-state index contributed by atoms with van der Waals surface area (Å²) in [5, 5.41) is 10.4. The Labute approximate surface area is 108 Å². The first-order valence-corrected chi connectivity index (χ1v) is 5.74. The maximum absolute atomic E-state index is 10.8. The third-order valence-electron chi connectivity index (χ3n) is 2.80. The minimum atomic E-state index is -0.747. The second-order valence-corrected chi connectivity index (χ2v) is 5.23. The topological polar surface area (TPSA) is 55.8 Å². The SMILES string of the molecule is COc1cc(C=O)cc(OC)c1C(O)C(C)(C)C. The molecule has 0 saturated carbocycles. The van der Waals surface area contributed by atoms with Gasteiger partial charge in [-0.05, 0) is 17.5 Å². The number of aldehydes is 1. The fraction of sp³-hybridized carbons (Fsp3) is 0.500. The molecule has 1 rings (SSSR count). The molecule has 1 atom stereocenters. The summed E-state index contributed by atoms with van der Waals surface area (Å²) >= 11 is 0. The third kappa shape index (κ3) is 2.82. The molecule has 1 aromatic rings. The van der Waals surface area contributed by atoms with Crippen molar-refractivity contribution in [1.29, 1.82) is 0 Å². The normalized spacial score (nSPS) is 13.0. The van der Waals surface area contributed by atoms with Crippen molar-refractivity contribution in [3.05, 3.63) is 23.3 Å². The fourth-order valence-electron chi connectivity index (χ4n) is 1.73. The van der Waals surface area contributed by atoms with Crippen LogP contribution in [0.1, 0.15) is 42.8 Å². The van der Waals surface area contributed by atoms with Crippen molar-refractivity contribution in [2.24, 2.45) is 5.41 Å². The summed E-state index contributed by atoms with van der Waals surface area (Å²) in [5.41, 5.74) is 0.662. The first-order valence-electron chi connectivity index (χ1n) is 5.74. The van der Waals surface area contributed by atoms with Crippen molar-refractivity contribution < 1.29 is 19.4 Å². The van der Waals surface area contributed by atoms with Crippen LogP contribution in [0, 0.1) is 5.41 Å². The quantitative estimate of drug-likeness (QED) is 0.837. The van der Waals surface area contributed by atoms with Gasteiger partial charge in [-0.15, -0.1) is 0 Å². The highest BCUT2D eigenvalue weighted by Crippen LogP contribution is 2.42. The number of aliphatic hydroxyl groups excluding tert-OH is 1. The van der Waals surface area contributed by atoms with Crippen LogP contribution in [0.5, 0.6) is 11.5 Å². The van der Waals surface area contributed by atoms with E-state index in [1.807, 2.05) is 20.8 Å². The molecule has 1 N–H and O–H groups in total. The van der Waals surface area contributed by atoms with Gasteiger partial charge in [-0.1, -0.05) is 20.8 Å². The largest absolute Gasteiger partial charge is 0.496 e. The van der Waals surface area contributed by atoms with Gasteiger partial charge >= 0.3 is 0 Å². The summed E-state index contributed by atoms with van der Waals surface area (Å²) in [7, 11) is 3.00. The molecule has 0 bridgehead atoms. The zero-order chi connectivity index (χ0) is 13.9. The molecule has 4 heteroatoms. The van der Waals surface area contributed by atoms with Crippen molar-refractivity contribution in [3.8, 4) is 11.5 Å². The number of hydrogen-bond acceptors (Lipinski definition) is 4. The molecule has 0 radical (unpaired) electrons. The number of carbonyl (C=O) groups excluding carboxylic acids is 1. The highest BCUT2D eigenvalue weighted by atomic mass is 16.5. The highest BCUT2D eigenvalue weighted by Gasteiger charge is 2.30. The lowest BCUT2D eigenvalue weighted by atomic mass is 9.83. The first-order chi connectivity index (χ1) is 8.35. The van der Waals surface area contributed by atoms with Crippen molar-refractivity contribution in [3.63, 3.8) is 0 Å². The van der Waals surface area contributed by atoms with Gasteiger partial charge in [0, 0.05) is 5.56 Å². The van der Waals surface area contributed by atoms with Crippen LogP contribution in [0.4, 0.5) is 0 Å². The lowest BCUT2D eigenvalue weighted by Gasteiger charge is -2.28. The number of benzene rings is 1. The van der Waals surface area contributed by atoms with E-state index in [0.717, 1.165) is 6.29 Å². The van der Waals surface area contributed by atoms with E-state index in [1.165, 1.54) is 14.2 Å². The first kappa shape index (κ1) is 14.5. The Balaban J connectivity index is 3.45. The monoisotopic (exact) mass is 252 g/mol. The van der Waals surface area contributed by atoms with Crippen LogP contribution in [0.15, 0.2) is 12.1 Å². The molecular weight excluding hydrogens is 232 g/mol. The summed E-state index contributed by atoms with van der Waals surface area (Å²) in [6, 6.07) is 3.19. The van der Waals surface area contributed by atoms with Crippen molar-refractivity contribution in [2.75, 3.05) is 14.2 Å². The molecule has 4 nitrogen and oxygen atoms in total. The van der Waals surface area contributed by atoms with Gasteiger partial charge in [0.1, 0.15) is 17.8 Å². The van der Waals surface area contributed by atoms with Crippen LogP contribution >= 0.6 is 0 Å². The van der Waals surface area contributed by atoms with E-state index in [9.17, 15) is 9.90 Å². The van der Waals surface area contributed by atoms with Gasteiger partial charge in [0.25, 0.3) is 0 Å². The van der Waals surface area contributed by atoms with Gasteiger partial charge in [0.2, 0.25) is 0 Å². The molecule has 18 heavy (non-hydrogen) atoms. The Morgan fingerprint density at radius 1 is 1.17 bits per heavy atom. The smallest absolute Gasteiger partial charge is 0.150 e. The van der Waals surface area contributed by atoms with Crippen LogP contribution in [0.2, 0.25) is 0 Å². The third-order valence-corrected chi connectivity index (χ3v) is 2.80. The lowest BCUT2D eigenvalue weighted by molar-refractivity contribution is 0.0580. The molecule has 1 unspecified atom stereocenters. The van der Waals surface area contributed by atoms with Crippen LogP contribution in [-0.2, 0) is 0 Å². The van der Waals surface area contributed by atoms with Gasteiger partial charge < -0.3 is 14.6 Å². The predicted octanol–water partition coefficient (Wildman–Crippen LogP) is 2.60. The van der Waals surface area contributed by atoms with Crippen LogP contribution < -0.4 is 9.47 Å². The second kappa shape index (κ2) is 5.40. The molecule has 0 aliphatic carbocycles. The van der Waals surface area contributed by atoms with E-state index in [-0.39, 0.29) is 5.41 Å². The van der Waals surface area contributed by atoms with Crippen LogP contribution in [-0.4, -0.2) is 25.6 Å². The summed E-state index contributed by atoms with van der Waals surface area (Å²) in [6.45, 7) is 5.76. The minimum Gasteiger partial charge on any atom is -0.496 e. The average Bonchev–Trinajstić information content (AvgIpc) is 2.34. The Hall–Kier alpha value is -1.55. The van der Waals surface area contributed by atoms with Crippen molar-refractivity contribution in [1.82, 2.24) is 0 Å². The van der Waals surface area contributed by atoms with E-state index in [2.05, 4.69) is 0 Å². The Morgan fingerprint density at radius 3 is 1.89 bits per heavy atom. The highest BCUT2D eigenvalue weighted by molar-refractivity contribution is 5.77. The Morgan fingerprint density at radius 2 is 1.61 bits per heavy atom. The zero-order valence-electron chi connectivity index (χ0n) is 11.5. The number of ether oxygens (including phenoxy) is 2. The van der Waals surface area contributed by atoms with E-state index < -0.39 is 6.10 Å². The summed E-state index contributed by atoms with van der Waals surface area (Å²) < 4.78 is 10.5. The van der Waals surface area contributed by atoms with Crippen molar-refractivity contribution in [2.45, 2.75) is 26.9 Å². The molecule has 0 fully saturated rings. The Bertz CT molecular complexity index is 407. The van der Waals surface area contributed by atoms with E-state index >= 15 is 0 Å². The summed E-state index contributed by atoms with van der Waals surface area (Å²) in [6.07, 6.45) is -0.0266. The predicted molar refractivity (Wildman–Crippen MR) is 69.3 cm³/mol. The molecule has 0 heterocycles. The lowest BCUT2D eigenvalue weighted by Crippen LogP contribution is -2.19. The molecule has 0 spiro atoms. The maximum Gasteiger partial charge on any atom is 0.150 e. The molecule has 100 valence electrons. The second-order valence-electron chi connectivity index (χ2n) is 5.23. The van der Waals surface area contributed by atoms with Gasteiger partial charge in [-0.3, -0.25) is 4.79 Å². The van der Waals surface area contributed by atoms with E-state index in [1.54, 1.807) is 12.1 Å². The van der Waals surface area contributed by atoms with E-state index in [0.29, 0.717) is 22.6 Å². The maximum atomic E-state index is 10.8.